The third-order valence-corrected chi connectivity index (χ3v) is 9.10. The summed E-state index contributed by atoms with van der Waals surface area (Å²) in [5.74, 6) is 1.48. The minimum absolute atomic E-state index is 0.0650. The second kappa shape index (κ2) is 12.3. The van der Waals surface area contributed by atoms with Gasteiger partial charge in [0, 0.05) is 21.6 Å². The van der Waals surface area contributed by atoms with Crippen LogP contribution in [0.4, 0.5) is 14.5 Å². The van der Waals surface area contributed by atoms with Crippen LogP contribution >= 0.6 is 35.3 Å². The van der Waals surface area contributed by atoms with Gasteiger partial charge in [-0.1, -0.05) is 18.5 Å². The number of hydrogen-bond acceptors (Lipinski definition) is 6. The predicted molar refractivity (Wildman–Crippen MR) is 144 cm³/mol. The summed E-state index contributed by atoms with van der Waals surface area (Å²) in [6.45, 7) is 3.63. The first-order valence-electron chi connectivity index (χ1n) is 12.1. The molecule has 1 amide bonds. The van der Waals surface area contributed by atoms with Crippen molar-refractivity contribution in [1.82, 2.24) is 9.62 Å². The highest BCUT2D eigenvalue weighted by atomic mass is 35.5. The van der Waals surface area contributed by atoms with Crippen molar-refractivity contribution in [1.29, 1.82) is 0 Å². The van der Waals surface area contributed by atoms with E-state index >= 15 is 4.39 Å². The number of nitrogens with one attached hydrogen (secondary N) is 2. The highest BCUT2D eigenvalue weighted by molar-refractivity contribution is 7.99. The lowest BCUT2D eigenvalue weighted by molar-refractivity contribution is -0.133. The quantitative estimate of drug-likeness (QED) is 0.264. The zero-order valence-electron chi connectivity index (χ0n) is 20.6. The molecular weight excluding hydrogens is 524 g/mol. The van der Waals surface area contributed by atoms with E-state index in [-0.39, 0.29) is 28.5 Å². The molecule has 2 N–H and O–H groups in total. The molecule has 1 saturated carbocycles. The monoisotopic (exact) mass is 555 g/mol. The average Bonchev–Trinajstić information content (AvgIpc) is 3.50. The highest BCUT2D eigenvalue weighted by Crippen LogP contribution is 2.52. The van der Waals surface area contributed by atoms with E-state index in [0.29, 0.717) is 35.0 Å². The fourth-order valence-electron chi connectivity index (χ4n) is 4.49. The summed E-state index contributed by atoms with van der Waals surface area (Å²) in [6.07, 6.45) is 1.05. The fraction of sp³-hybridized carbons (Fsp3) is 0.500. The van der Waals surface area contributed by atoms with Crippen LogP contribution in [0.1, 0.15) is 19.8 Å². The van der Waals surface area contributed by atoms with Crippen LogP contribution in [0.15, 0.2) is 46.2 Å². The van der Waals surface area contributed by atoms with Crippen LogP contribution in [0, 0.1) is 29.4 Å². The first-order valence-corrected chi connectivity index (χ1v) is 14.3. The van der Waals surface area contributed by atoms with Crippen LogP contribution in [-0.4, -0.2) is 56.0 Å². The topological polar surface area (TPSA) is 53.6 Å². The third kappa shape index (κ3) is 7.28. The summed E-state index contributed by atoms with van der Waals surface area (Å²) in [5.41, 5.74) is 0.236. The third-order valence-electron chi connectivity index (χ3n) is 6.85. The molecule has 2 aliphatic rings. The van der Waals surface area contributed by atoms with E-state index in [1.807, 2.05) is 14.1 Å². The summed E-state index contributed by atoms with van der Waals surface area (Å²) in [5, 5.41) is 3.51. The summed E-state index contributed by atoms with van der Waals surface area (Å²) in [4.78, 5) is 16.1. The molecule has 1 saturated heterocycles. The molecular formula is C26H32ClF2N3O2S2. The SMILES string of the molecule is C[C@H]1C2COC(C(=O)NSc3cc(F)c(NC(CCN(C)C)CSc4ccc(F)cc4)c(Cl)c3)CC21. The molecule has 1 heterocycles. The van der Waals surface area contributed by atoms with Gasteiger partial charge in [0.15, 0.2) is 0 Å². The molecule has 10 heteroatoms. The van der Waals surface area contributed by atoms with Crippen LogP contribution in [0.3, 0.4) is 0 Å². The van der Waals surface area contributed by atoms with E-state index in [1.54, 1.807) is 30.0 Å². The Labute approximate surface area is 225 Å². The Balaban J connectivity index is 1.35. The smallest absolute Gasteiger partial charge is 0.259 e. The molecule has 1 aliphatic carbocycles. The average molecular weight is 556 g/mol. The van der Waals surface area contributed by atoms with Crippen LogP contribution in [0.5, 0.6) is 0 Å². The first kappa shape index (κ1) is 27.5. The van der Waals surface area contributed by atoms with Crippen molar-refractivity contribution in [2.24, 2.45) is 17.8 Å². The van der Waals surface area contributed by atoms with E-state index in [0.717, 1.165) is 36.2 Å². The lowest BCUT2D eigenvalue weighted by Crippen LogP contribution is -2.36. The number of halogens is 3. The number of ether oxygens (including phenoxy) is 1. The lowest BCUT2D eigenvalue weighted by Gasteiger charge is -2.23. The molecule has 36 heavy (non-hydrogen) atoms. The zero-order chi connectivity index (χ0) is 25.8. The van der Waals surface area contributed by atoms with Gasteiger partial charge in [-0.25, -0.2) is 8.78 Å². The van der Waals surface area contributed by atoms with Crippen LogP contribution in [0.25, 0.3) is 0 Å². The zero-order valence-corrected chi connectivity index (χ0v) is 23.0. The molecule has 4 rings (SSSR count). The van der Waals surface area contributed by atoms with Gasteiger partial charge < -0.3 is 15.0 Å². The Hall–Kier alpha value is -1.52. The van der Waals surface area contributed by atoms with E-state index in [1.165, 1.54) is 18.2 Å². The van der Waals surface area contributed by atoms with Gasteiger partial charge in [-0.05, 0) is 99.6 Å². The minimum Gasteiger partial charge on any atom is -0.378 e. The van der Waals surface area contributed by atoms with Gasteiger partial charge in [0.25, 0.3) is 5.91 Å². The number of nitrogens with zero attached hydrogens (tertiary/aromatic N) is 1. The van der Waals surface area contributed by atoms with E-state index in [2.05, 4.69) is 21.9 Å². The summed E-state index contributed by atoms with van der Waals surface area (Å²) < 4.78 is 36.8. The van der Waals surface area contributed by atoms with Gasteiger partial charge in [0.1, 0.15) is 17.7 Å². The number of carbonyl (C=O) groups is 1. The van der Waals surface area contributed by atoms with Crippen molar-refractivity contribution in [2.75, 3.05) is 38.3 Å². The number of anilines is 1. The molecule has 0 aromatic heterocycles. The van der Waals surface area contributed by atoms with Gasteiger partial charge in [0.05, 0.1) is 17.3 Å². The second-order valence-electron chi connectivity index (χ2n) is 9.77. The maximum atomic E-state index is 15.1. The van der Waals surface area contributed by atoms with Crippen molar-refractivity contribution in [3.05, 3.63) is 53.1 Å². The Morgan fingerprint density at radius 1 is 1.19 bits per heavy atom. The number of carbonyl (C=O) groups excluding carboxylic acids is 1. The normalized spacial score (nSPS) is 23.8. The molecule has 5 nitrogen and oxygen atoms in total. The van der Waals surface area contributed by atoms with Crippen LogP contribution in [0.2, 0.25) is 5.02 Å². The molecule has 2 aromatic rings. The molecule has 0 bridgehead atoms. The van der Waals surface area contributed by atoms with Crippen LogP contribution < -0.4 is 10.0 Å². The summed E-state index contributed by atoms with van der Waals surface area (Å²) >= 11 is 9.09. The maximum Gasteiger partial charge on any atom is 0.259 e. The van der Waals surface area contributed by atoms with Gasteiger partial charge in [-0.3, -0.25) is 9.52 Å². The molecule has 196 valence electrons. The van der Waals surface area contributed by atoms with Crippen molar-refractivity contribution in [3.8, 4) is 0 Å². The lowest BCUT2D eigenvalue weighted by atomic mass is 10.1. The van der Waals surface area contributed by atoms with E-state index in [9.17, 15) is 9.18 Å². The fourth-order valence-corrected chi connectivity index (χ4v) is 6.48. The Bertz CT molecular complexity index is 1040. The minimum atomic E-state index is -0.482. The summed E-state index contributed by atoms with van der Waals surface area (Å²) in [7, 11) is 3.97. The maximum absolute atomic E-state index is 15.1. The Morgan fingerprint density at radius 3 is 2.61 bits per heavy atom. The highest BCUT2D eigenvalue weighted by Gasteiger charge is 2.51. The Kier molecular flexibility index (Phi) is 9.44. The largest absolute Gasteiger partial charge is 0.378 e. The summed E-state index contributed by atoms with van der Waals surface area (Å²) in [6, 6.07) is 9.28. The molecule has 0 radical (unpaired) electrons. The molecule has 4 unspecified atom stereocenters. The first-order chi connectivity index (χ1) is 17.2. The van der Waals surface area contributed by atoms with Gasteiger partial charge in [0.2, 0.25) is 0 Å². The number of benzene rings is 2. The standard InChI is InChI=1S/C26H32ClF2N3O2S2/c1-15-20-12-24(34-13-21(15)20)26(33)31-36-19-10-22(27)25(23(29)11-19)30-17(8-9-32(2)3)14-35-18-6-4-16(28)5-7-18/h4-7,10-11,15,17,20-21,24,30H,8-9,12-14H2,1-3H3,(H,31,33)/t15-,17?,20?,21?,24?/m1/s1. The van der Waals surface area contributed by atoms with Crippen molar-refractivity contribution >= 4 is 46.9 Å². The molecule has 1 aliphatic heterocycles. The number of amides is 1. The second-order valence-corrected chi connectivity index (χ2v) is 12.2. The van der Waals surface area contributed by atoms with Crippen LogP contribution in [-0.2, 0) is 9.53 Å². The van der Waals surface area contributed by atoms with Gasteiger partial charge >= 0.3 is 0 Å². The van der Waals surface area contributed by atoms with Crippen molar-refractivity contribution in [3.63, 3.8) is 0 Å². The van der Waals surface area contributed by atoms with Gasteiger partial charge in [-0.15, -0.1) is 11.8 Å². The molecule has 2 aromatic carbocycles. The Morgan fingerprint density at radius 2 is 1.94 bits per heavy atom. The number of rotatable bonds is 11. The number of hydrogen-bond donors (Lipinski definition) is 2. The van der Waals surface area contributed by atoms with E-state index in [4.69, 9.17) is 16.3 Å². The van der Waals surface area contributed by atoms with Gasteiger partial charge in [-0.2, -0.15) is 0 Å². The number of thioether (sulfide) groups is 1. The van der Waals surface area contributed by atoms with E-state index < -0.39 is 11.9 Å². The van der Waals surface area contributed by atoms with Crippen molar-refractivity contribution in [2.45, 2.75) is 41.7 Å². The molecule has 2 fully saturated rings. The number of fused-ring (bicyclic) bond motifs is 1. The molecule has 5 atom stereocenters. The molecule has 0 spiro atoms. The van der Waals surface area contributed by atoms with Crippen molar-refractivity contribution < 1.29 is 18.3 Å². The predicted octanol–water partition coefficient (Wildman–Crippen LogP) is 5.94.